The lowest BCUT2D eigenvalue weighted by Gasteiger charge is -2.18. The molecule has 12 heteroatoms. The smallest absolute Gasteiger partial charge is 0.337 e. The number of nitrogens with one attached hydrogen (secondary N) is 2. The summed E-state index contributed by atoms with van der Waals surface area (Å²) in [5.74, 6) is -3.00. The molecule has 1 fully saturated rings. The lowest BCUT2D eigenvalue weighted by atomic mass is 10.1. The number of benzene rings is 2. The van der Waals surface area contributed by atoms with Crippen molar-refractivity contribution in [3.63, 3.8) is 0 Å². The molecule has 1 aliphatic heterocycles. The minimum absolute atomic E-state index is 0.110. The van der Waals surface area contributed by atoms with Crippen molar-refractivity contribution in [2.45, 2.75) is 6.42 Å². The monoisotopic (exact) mass is 499 g/mol. The number of hydrogen-bond donors (Lipinski definition) is 2. The van der Waals surface area contributed by atoms with E-state index in [0.717, 1.165) is 5.01 Å². The first-order chi connectivity index (χ1) is 17.2. The third kappa shape index (κ3) is 6.50. The van der Waals surface area contributed by atoms with E-state index in [1.54, 1.807) is 6.07 Å². The Labute approximate surface area is 206 Å². The van der Waals surface area contributed by atoms with E-state index in [9.17, 15) is 24.0 Å². The molecule has 0 bridgehead atoms. The Morgan fingerprint density at radius 3 is 2.17 bits per heavy atom. The van der Waals surface area contributed by atoms with Gasteiger partial charge in [0.2, 0.25) is 5.91 Å². The van der Waals surface area contributed by atoms with Gasteiger partial charge in [-0.2, -0.15) is 0 Å². The van der Waals surface area contributed by atoms with Crippen LogP contribution in [0.3, 0.4) is 0 Å². The average molecular weight is 499 g/mol. The second kappa shape index (κ2) is 11.7. The number of ether oxygens (including phenoxy) is 4. The number of hydrogen-bond acceptors (Lipinski definition) is 9. The molecule has 0 unspecified atom stereocenters. The maximum atomic E-state index is 12.6. The molecule has 1 aliphatic rings. The van der Waals surface area contributed by atoms with Gasteiger partial charge in [0.15, 0.2) is 6.61 Å². The van der Waals surface area contributed by atoms with E-state index in [-0.39, 0.29) is 18.5 Å². The number of methoxy groups -OCH3 is 3. The lowest BCUT2D eigenvalue weighted by molar-refractivity contribution is -0.151. The molecule has 1 atom stereocenters. The van der Waals surface area contributed by atoms with E-state index >= 15 is 0 Å². The van der Waals surface area contributed by atoms with Gasteiger partial charge in [-0.15, -0.1) is 0 Å². The molecule has 12 nitrogen and oxygen atoms in total. The average Bonchev–Trinajstić information content (AvgIpc) is 3.26. The Kier molecular flexibility index (Phi) is 8.44. The van der Waals surface area contributed by atoms with Crippen LogP contribution in [0.5, 0.6) is 11.5 Å². The van der Waals surface area contributed by atoms with Crippen LogP contribution < -0.4 is 20.2 Å². The van der Waals surface area contributed by atoms with Gasteiger partial charge in [0.1, 0.15) is 11.5 Å². The molecule has 190 valence electrons. The van der Waals surface area contributed by atoms with Gasteiger partial charge < -0.3 is 24.3 Å². The molecule has 36 heavy (non-hydrogen) atoms. The Bertz CT molecular complexity index is 1140. The predicted octanol–water partition coefficient (Wildman–Crippen LogP) is 1.17. The van der Waals surface area contributed by atoms with Crippen LogP contribution in [0.15, 0.2) is 42.5 Å². The quantitative estimate of drug-likeness (QED) is 0.485. The minimum Gasteiger partial charge on any atom is -0.497 e. The number of carbonyl (C=O) groups is 5. The van der Waals surface area contributed by atoms with Gasteiger partial charge in [-0.1, -0.05) is 0 Å². The SMILES string of the molecule is COC(=O)c1ccc(NC(=O)COC(=O)[C@@H]2CC(=O)N(NC(=O)c3cc(OC)cc(OC)c3)C2)cc1. The maximum absolute atomic E-state index is 12.6. The number of anilines is 1. The summed E-state index contributed by atoms with van der Waals surface area (Å²) in [4.78, 5) is 60.9. The number of amides is 3. The zero-order valence-corrected chi connectivity index (χ0v) is 19.9. The van der Waals surface area contributed by atoms with Crippen molar-refractivity contribution in [3.05, 3.63) is 53.6 Å². The van der Waals surface area contributed by atoms with E-state index in [2.05, 4.69) is 15.5 Å². The first-order valence-electron chi connectivity index (χ1n) is 10.7. The number of esters is 2. The van der Waals surface area contributed by atoms with Crippen molar-refractivity contribution in [3.8, 4) is 11.5 Å². The fourth-order valence-electron chi connectivity index (χ4n) is 3.36. The zero-order chi connectivity index (χ0) is 26.2. The maximum Gasteiger partial charge on any atom is 0.337 e. The fourth-order valence-corrected chi connectivity index (χ4v) is 3.36. The lowest BCUT2D eigenvalue weighted by Crippen LogP contribution is -2.43. The third-order valence-corrected chi connectivity index (χ3v) is 5.24. The van der Waals surface area contributed by atoms with E-state index in [1.807, 2.05) is 0 Å². The van der Waals surface area contributed by atoms with Crippen molar-refractivity contribution in [2.75, 3.05) is 39.8 Å². The second-order valence-corrected chi connectivity index (χ2v) is 7.67. The van der Waals surface area contributed by atoms with Crippen LogP contribution in [0.4, 0.5) is 5.69 Å². The number of rotatable bonds is 9. The Morgan fingerprint density at radius 2 is 1.58 bits per heavy atom. The van der Waals surface area contributed by atoms with Gasteiger partial charge in [-0.3, -0.25) is 29.6 Å². The van der Waals surface area contributed by atoms with E-state index in [1.165, 1.54) is 57.7 Å². The van der Waals surface area contributed by atoms with Crippen molar-refractivity contribution in [1.29, 1.82) is 0 Å². The summed E-state index contributed by atoms with van der Waals surface area (Å²) in [7, 11) is 4.14. The van der Waals surface area contributed by atoms with Crippen LogP contribution in [-0.2, 0) is 23.9 Å². The topological polar surface area (TPSA) is 150 Å². The third-order valence-electron chi connectivity index (χ3n) is 5.24. The van der Waals surface area contributed by atoms with Crippen LogP contribution >= 0.6 is 0 Å². The Morgan fingerprint density at radius 1 is 0.944 bits per heavy atom. The van der Waals surface area contributed by atoms with Gasteiger partial charge in [-0.05, 0) is 36.4 Å². The van der Waals surface area contributed by atoms with Crippen molar-refractivity contribution < 1.29 is 42.9 Å². The zero-order valence-electron chi connectivity index (χ0n) is 19.9. The molecule has 1 saturated heterocycles. The molecule has 3 rings (SSSR count). The molecule has 0 aliphatic carbocycles. The van der Waals surface area contributed by atoms with Gasteiger partial charge in [0.25, 0.3) is 11.8 Å². The van der Waals surface area contributed by atoms with Gasteiger partial charge in [0.05, 0.1) is 39.4 Å². The largest absolute Gasteiger partial charge is 0.497 e. The molecule has 0 saturated carbocycles. The van der Waals surface area contributed by atoms with Crippen LogP contribution in [0.2, 0.25) is 0 Å². The molecule has 2 N–H and O–H groups in total. The molecular weight excluding hydrogens is 474 g/mol. The minimum atomic E-state index is -0.857. The Hall–Kier alpha value is -4.61. The summed E-state index contributed by atoms with van der Waals surface area (Å²) in [6.45, 7) is -0.681. The standard InChI is InChI=1S/C24H25N3O9/c1-33-18-8-15(9-19(11-18)34-2)22(30)26-27-12-16(10-21(27)29)24(32)36-13-20(28)25-17-6-4-14(5-7-17)23(31)35-3/h4-9,11,16H,10,12-13H2,1-3H3,(H,25,28)(H,26,30)/t16-/m1/s1. The Balaban J connectivity index is 1.50. The highest BCUT2D eigenvalue weighted by Crippen LogP contribution is 2.23. The number of hydrazine groups is 1. The molecule has 3 amide bonds. The van der Waals surface area contributed by atoms with Crippen LogP contribution in [0.1, 0.15) is 27.1 Å². The van der Waals surface area contributed by atoms with E-state index in [0.29, 0.717) is 22.7 Å². The first-order valence-corrected chi connectivity index (χ1v) is 10.7. The summed E-state index contributed by atoms with van der Waals surface area (Å²) in [5, 5.41) is 3.56. The van der Waals surface area contributed by atoms with Gasteiger partial charge in [0, 0.05) is 23.7 Å². The number of nitrogens with zero attached hydrogens (tertiary/aromatic N) is 1. The molecule has 1 heterocycles. The highest BCUT2D eigenvalue weighted by molar-refractivity contribution is 5.97. The molecule has 2 aromatic carbocycles. The normalized spacial score (nSPS) is 14.6. The fraction of sp³-hybridized carbons (Fsp3) is 0.292. The van der Waals surface area contributed by atoms with Crippen molar-refractivity contribution in [2.24, 2.45) is 5.92 Å². The van der Waals surface area contributed by atoms with Crippen LogP contribution in [0, 0.1) is 5.92 Å². The summed E-state index contributed by atoms with van der Waals surface area (Å²) < 4.78 is 19.9. The van der Waals surface area contributed by atoms with Crippen molar-refractivity contribution >= 4 is 35.3 Å². The summed E-state index contributed by atoms with van der Waals surface area (Å²) in [6.07, 6.45) is -0.183. The second-order valence-electron chi connectivity index (χ2n) is 7.67. The van der Waals surface area contributed by atoms with Crippen LogP contribution in [0.25, 0.3) is 0 Å². The predicted molar refractivity (Wildman–Crippen MR) is 124 cm³/mol. The van der Waals surface area contributed by atoms with Crippen molar-refractivity contribution in [1.82, 2.24) is 10.4 Å². The molecule has 2 aromatic rings. The van der Waals surface area contributed by atoms with E-state index in [4.69, 9.17) is 14.2 Å². The highest BCUT2D eigenvalue weighted by atomic mass is 16.5. The number of carbonyl (C=O) groups excluding carboxylic acids is 5. The van der Waals surface area contributed by atoms with Gasteiger partial charge >= 0.3 is 11.9 Å². The van der Waals surface area contributed by atoms with E-state index < -0.39 is 42.2 Å². The highest BCUT2D eigenvalue weighted by Gasteiger charge is 2.36. The van der Waals surface area contributed by atoms with Gasteiger partial charge in [-0.25, -0.2) is 4.79 Å². The molecule has 0 radical (unpaired) electrons. The van der Waals surface area contributed by atoms with Crippen LogP contribution in [-0.4, -0.2) is 69.2 Å². The summed E-state index contributed by atoms with van der Waals surface area (Å²) in [5.41, 5.74) is 3.36. The molecular formula is C24H25N3O9. The molecule has 0 aromatic heterocycles. The summed E-state index contributed by atoms with van der Waals surface area (Å²) in [6, 6.07) is 10.5. The summed E-state index contributed by atoms with van der Waals surface area (Å²) >= 11 is 0. The first kappa shape index (κ1) is 26.0. The molecule has 0 spiro atoms.